The van der Waals surface area contributed by atoms with Crippen LogP contribution in [-0.2, 0) is 16.4 Å². The molecule has 1 aromatic heterocycles. The van der Waals surface area contributed by atoms with E-state index in [2.05, 4.69) is 4.72 Å². The Labute approximate surface area is 141 Å². The quantitative estimate of drug-likeness (QED) is 0.921. The van der Waals surface area contributed by atoms with Gasteiger partial charge in [0.2, 0.25) is 0 Å². The second kappa shape index (κ2) is 5.98. The lowest BCUT2D eigenvalue weighted by molar-refractivity contribution is 0.0980. The molecule has 1 aliphatic heterocycles. The van der Waals surface area contributed by atoms with Crippen molar-refractivity contribution in [1.29, 1.82) is 0 Å². The van der Waals surface area contributed by atoms with Gasteiger partial charge in [0.15, 0.2) is 0 Å². The Bertz CT molecular complexity index is 899. The van der Waals surface area contributed by atoms with Crippen molar-refractivity contribution in [3.8, 4) is 0 Å². The van der Waals surface area contributed by atoms with Gasteiger partial charge >= 0.3 is 0 Å². The Morgan fingerprint density at radius 1 is 1.25 bits per heavy atom. The third-order valence-electron chi connectivity index (χ3n) is 4.23. The van der Waals surface area contributed by atoms with Crippen LogP contribution < -0.4 is 9.62 Å². The van der Waals surface area contributed by atoms with Gasteiger partial charge in [-0.3, -0.25) is 4.79 Å². The zero-order chi connectivity index (χ0) is 17.5. The average molecular weight is 348 g/mol. The van der Waals surface area contributed by atoms with Crippen molar-refractivity contribution in [2.24, 2.45) is 0 Å². The maximum absolute atomic E-state index is 12.5. The van der Waals surface area contributed by atoms with Crippen LogP contribution in [0.5, 0.6) is 0 Å². The zero-order valence-corrected chi connectivity index (χ0v) is 14.7. The van der Waals surface area contributed by atoms with Gasteiger partial charge in [-0.2, -0.15) is 0 Å². The highest BCUT2D eigenvalue weighted by molar-refractivity contribution is 7.90. The number of fused-ring (bicyclic) bond motifs is 1. The average Bonchev–Trinajstić information content (AvgIpc) is 2.86. The first-order valence-electron chi connectivity index (χ1n) is 7.76. The van der Waals surface area contributed by atoms with E-state index in [0.29, 0.717) is 11.5 Å². The summed E-state index contributed by atoms with van der Waals surface area (Å²) >= 11 is 0. The van der Waals surface area contributed by atoms with E-state index >= 15 is 0 Å². The Hall–Kier alpha value is -2.28. The molecular formula is C17H20N2O4S. The van der Waals surface area contributed by atoms with Crippen LogP contribution in [0.4, 0.5) is 5.69 Å². The molecule has 0 fully saturated rings. The van der Waals surface area contributed by atoms with E-state index in [-0.39, 0.29) is 10.5 Å². The summed E-state index contributed by atoms with van der Waals surface area (Å²) in [7, 11) is -2.00. The lowest BCUT2D eigenvalue weighted by atomic mass is 10.0. The number of aryl methyl sites for hydroxylation is 3. The number of hydrogen-bond donors (Lipinski definition) is 1. The predicted octanol–water partition coefficient (Wildman–Crippen LogP) is 2.40. The number of nitrogens with one attached hydrogen (secondary N) is 1. The minimum Gasteiger partial charge on any atom is -0.466 e. The van der Waals surface area contributed by atoms with Crippen molar-refractivity contribution in [1.82, 2.24) is 4.72 Å². The SMILES string of the molecule is Cc1cc(C(=O)NS(=O)(=O)c2ccc3c(c2)N(C)CCC3)c(C)o1. The summed E-state index contributed by atoms with van der Waals surface area (Å²) in [4.78, 5) is 14.4. The monoisotopic (exact) mass is 348 g/mol. The van der Waals surface area contributed by atoms with Gasteiger partial charge in [0, 0.05) is 19.3 Å². The van der Waals surface area contributed by atoms with Crippen molar-refractivity contribution in [3.05, 3.63) is 46.9 Å². The number of carbonyl (C=O) groups excluding carboxylic acids is 1. The Morgan fingerprint density at radius 3 is 2.67 bits per heavy atom. The molecule has 1 N–H and O–H groups in total. The normalized spacial score (nSPS) is 14.4. The number of nitrogens with zero attached hydrogens (tertiary/aromatic N) is 1. The van der Waals surface area contributed by atoms with Crippen LogP contribution in [0.2, 0.25) is 0 Å². The van der Waals surface area contributed by atoms with Gasteiger partial charge in [-0.05, 0) is 50.5 Å². The van der Waals surface area contributed by atoms with E-state index in [1.165, 1.54) is 6.07 Å². The minimum atomic E-state index is -3.94. The van der Waals surface area contributed by atoms with Gasteiger partial charge in [-0.1, -0.05) is 6.07 Å². The van der Waals surface area contributed by atoms with Crippen molar-refractivity contribution in [2.45, 2.75) is 31.6 Å². The number of hydrogen-bond acceptors (Lipinski definition) is 5. The molecule has 0 saturated carbocycles. The number of amides is 1. The minimum absolute atomic E-state index is 0.0845. The first kappa shape index (κ1) is 16.6. The second-order valence-electron chi connectivity index (χ2n) is 6.08. The number of carbonyl (C=O) groups is 1. The Balaban J connectivity index is 1.89. The molecule has 7 heteroatoms. The number of furan rings is 1. The fourth-order valence-corrected chi connectivity index (χ4v) is 3.98. The summed E-state index contributed by atoms with van der Waals surface area (Å²) in [5.41, 5.74) is 2.24. The fourth-order valence-electron chi connectivity index (χ4n) is 3.00. The molecule has 1 aliphatic rings. The number of anilines is 1. The van der Waals surface area contributed by atoms with Crippen LogP contribution >= 0.6 is 0 Å². The van der Waals surface area contributed by atoms with E-state index in [1.54, 1.807) is 26.0 Å². The smallest absolute Gasteiger partial charge is 0.268 e. The molecule has 128 valence electrons. The van der Waals surface area contributed by atoms with Gasteiger partial charge in [0.05, 0.1) is 10.5 Å². The first-order valence-corrected chi connectivity index (χ1v) is 9.24. The third-order valence-corrected chi connectivity index (χ3v) is 5.56. The van der Waals surface area contributed by atoms with Gasteiger partial charge in [-0.15, -0.1) is 0 Å². The third kappa shape index (κ3) is 3.03. The number of rotatable bonds is 3. The molecule has 0 bridgehead atoms. The van der Waals surface area contributed by atoms with Crippen molar-refractivity contribution < 1.29 is 17.6 Å². The molecule has 0 aliphatic carbocycles. The zero-order valence-electron chi connectivity index (χ0n) is 13.9. The number of sulfonamides is 1. The molecule has 2 aromatic rings. The fraction of sp³-hybridized carbons (Fsp3) is 0.353. The summed E-state index contributed by atoms with van der Waals surface area (Å²) in [5.74, 6) is 0.270. The van der Waals surface area contributed by atoms with Crippen LogP contribution in [0.15, 0.2) is 33.6 Å². The van der Waals surface area contributed by atoms with Crippen LogP contribution in [0.1, 0.15) is 33.9 Å². The molecular weight excluding hydrogens is 328 g/mol. The largest absolute Gasteiger partial charge is 0.466 e. The summed E-state index contributed by atoms with van der Waals surface area (Å²) in [6.45, 7) is 4.22. The Morgan fingerprint density at radius 2 is 2.00 bits per heavy atom. The maximum Gasteiger partial charge on any atom is 0.268 e. The topological polar surface area (TPSA) is 79.6 Å². The molecule has 1 aromatic carbocycles. The van der Waals surface area contributed by atoms with E-state index in [9.17, 15) is 13.2 Å². The summed E-state index contributed by atoms with van der Waals surface area (Å²) in [6, 6.07) is 6.51. The molecule has 3 rings (SSSR count). The molecule has 24 heavy (non-hydrogen) atoms. The Kier molecular flexibility index (Phi) is 4.13. The van der Waals surface area contributed by atoms with E-state index in [4.69, 9.17) is 4.42 Å². The van der Waals surface area contributed by atoms with Crippen LogP contribution in [0, 0.1) is 13.8 Å². The van der Waals surface area contributed by atoms with E-state index in [0.717, 1.165) is 30.6 Å². The second-order valence-corrected chi connectivity index (χ2v) is 7.76. The summed E-state index contributed by atoms with van der Waals surface area (Å²) < 4.78 is 32.5. The molecule has 6 nitrogen and oxygen atoms in total. The molecule has 0 unspecified atom stereocenters. The van der Waals surface area contributed by atoms with Crippen LogP contribution in [0.3, 0.4) is 0 Å². The van der Waals surface area contributed by atoms with Gasteiger partial charge in [-0.25, -0.2) is 13.1 Å². The van der Waals surface area contributed by atoms with Gasteiger partial charge < -0.3 is 9.32 Å². The predicted molar refractivity (Wildman–Crippen MR) is 90.9 cm³/mol. The molecule has 1 amide bonds. The van der Waals surface area contributed by atoms with Crippen LogP contribution in [0.25, 0.3) is 0 Å². The molecule has 0 radical (unpaired) electrons. The lowest BCUT2D eigenvalue weighted by Crippen LogP contribution is -2.31. The maximum atomic E-state index is 12.5. The standard InChI is InChI=1S/C17H20N2O4S/c1-11-9-15(12(2)23-11)17(20)18-24(21,22)14-7-6-13-5-4-8-19(3)16(13)10-14/h6-7,9-10H,4-5,8H2,1-3H3,(H,18,20). The highest BCUT2D eigenvalue weighted by atomic mass is 32.2. The van der Waals surface area contributed by atoms with Crippen molar-refractivity contribution in [3.63, 3.8) is 0 Å². The van der Waals surface area contributed by atoms with E-state index in [1.807, 2.05) is 18.0 Å². The van der Waals surface area contributed by atoms with Crippen molar-refractivity contribution >= 4 is 21.6 Å². The lowest BCUT2D eigenvalue weighted by Gasteiger charge is -2.27. The number of benzene rings is 1. The van der Waals surface area contributed by atoms with Gasteiger partial charge in [0.1, 0.15) is 11.5 Å². The summed E-state index contributed by atoms with van der Waals surface area (Å²) in [5, 5.41) is 0. The van der Waals surface area contributed by atoms with Gasteiger partial charge in [0.25, 0.3) is 15.9 Å². The molecule has 0 atom stereocenters. The first-order chi connectivity index (χ1) is 11.3. The molecule has 2 heterocycles. The van der Waals surface area contributed by atoms with E-state index < -0.39 is 15.9 Å². The summed E-state index contributed by atoms with van der Waals surface area (Å²) in [6.07, 6.45) is 1.98. The highest BCUT2D eigenvalue weighted by Gasteiger charge is 2.24. The molecule has 0 spiro atoms. The highest BCUT2D eigenvalue weighted by Crippen LogP contribution is 2.28. The van der Waals surface area contributed by atoms with Crippen LogP contribution in [-0.4, -0.2) is 27.9 Å². The molecule has 0 saturated heterocycles. The van der Waals surface area contributed by atoms with Crippen molar-refractivity contribution in [2.75, 3.05) is 18.5 Å².